The van der Waals surface area contributed by atoms with Crippen LogP contribution >= 0.6 is 0 Å². The molecular formula is C3H6N2O. The van der Waals surface area contributed by atoms with Crippen LogP contribution in [0.2, 0.25) is 0 Å². The molecule has 1 atom stereocenters. The molecule has 6 heavy (non-hydrogen) atoms. The minimum atomic E-state index is 0.282. The molecule has 0 saturated heterocycles. The van der Waals surface area contributed by atoms with Gasteiger partial charge in [-0.2, -0.15) is 0 Å². The molecule has 34 valence electrons. The van der Waals surface area contributed by atoms with Crippen molar-refractivity contribution in [2.45, 2.75) is 13.0 Å². The van der Waals surface area contributed by atoms with Crippen LogP contribution < -0.4 is 0 Å². The van der Waals surface area contributed by atoms with Gasteiger partial charge in [-0.25, -0.2) is 0 Å². The molecule has 1 aliphatic rings. The second-order valence-electron chi connectivity index (χ2n) is 1.34. The molecule has 0 amide bonds. The molecule has 3 nitrogen and oxygen atoms in total. The summed E-state index contributed by atoms with van der Waals surface area (Å²) in [5.41, 5.74) is 0. The lowest BCUT2D eigenvalue weighted by Crippen LogP contribution is -1.96. The summed E-state index contributed by atoms with van der Waals surface area (Å²) < 4.78 is 0. The zero-order valence-electron chi connectivity index (χ0n) is 3.59. The van der Waals surface area contributed by atoms with Gasteiger partial charge in [-0.3, -0.25) is 0 Å². The standard InChI is InChI=1S/C3H6N2O/c1-3-2-6-5-4-3/h3H,2H2,1H3. The highest BCUT2D eigenvalue weighted by molar-refractivity contribution is 4.54. The van der Waals surface area contributed by atoms with Gasteiger partial charge in [0.15, 0.2) is 0 Å². The smallest absolute Gasteiger partial charge is 0.142 e. The number of hydrogen-bond acceptors (Lipinski definition) is 3. The highest BCUT2D eigenvalue weighted by Gasteiger charge is 2.03. The van der Waals surface area contributed by atoms with Crippen molar-refractivity contribution in [2.75, 3.05) is 6.61 Å². The van der Waals surface area contributed by atoms with Crippen LogP contribution in [0.25, 0.3) is 0 Å². The van der Waals surface area contributed by atoms with Crippen molar-refractivity contribution >= 4 is 0 Å². The van der Waals surface area contributed by atoms with Crippen LogP contribution in [0.1, 0.15) is 6.92 Å². The first-order valence-electron chi connectivity index (χ1n) is 1.92. The highest BCUT2D eigenvalue weighted by atomic mass is 16.7. The Kier molecular flexibility index (Phi) is 0.742. The van der Waals surface area contributed by atoms with Crippen molar-refractivity contribution in [2.24, 2.45) is 10.4 Å². The second kappa shape index (κ2) is 1.24. The van der Waals surface area contributed by atoms with Crippen molar-refractivity contribution in [3.63, 3.8) is 0 Å². The van der Waals surface area contributed by atoms with Gasteiger partial charge in [-0.1, -0.05) is 0 Å². The SMILES string of the molecule is CC1CON=N1. The monoisotopic (exact) mass is 86.0 g/mol. The van der Waals surface area contributed by atoms with E-state index in [0.717, 1.165) is 0 Å². The Labute approximate surface area is 36.0 Å². The first kappa shape index (κ1) is 3.59. The van der Waals surface area contributed by atoms with E-state index < -0.39 is 0 Å². The number of hydrogen-bond donors (Lipinski definition) is 0. The highest BCUT2D eigenvalue weighted by Crippen LogP contribution is 1.99. The molecule has 0 aromatic rings. The molecule has 1 aliphatic heterocycles. The van der Waals surface area contributed by atoms with Gasteiger partial charge in [0.05, 0.1) is 0 Å². The third-order valence-electron chi connectivity index (χ3n) is 0.618. The van der Waals surface area contributed by atoms with Crippen molar-refractivity contribution in [1.29, 1.82) is 0 Å². The molecule has 0 aromatic heterocycles. The molecule has 1 unspecified atom stereocenters. The van der Waals surface area contributed by atoms with E-state index in [-0.39, 0.29) is 6.04 Å². The van der Waals surface area contributed by atoms with Crippen LogP contribution in [0.15, 0.2) is 10.4 Å². The van der Waals surface area contributed by atoms with Gasteiger partial charge in [-0.15, -0.1) is 5.11 Å². The van der Waals surface area contributed by atoms with Gasteiger partial charge in [0.25, 0.3) is 0 Å². The Morgan fingerprint density at radius 1 is 1.83 bits per heavy atom. The van der Waals surface area contributed by atoms with Crippen LogP contribution in [-0.2, 0) is 4.84 Å². The summed E-state index contributed by atoms with van der Waals surface area (Å²) in [7, 11) is 0. The topological polar surface area (TPSA) is 34.0 Å². The predicted molar refractivity (Wildman–Crippen MR) is 20.3 cm³/mol. The average molecular weight is 86.1 g/mol. The van der Waals surface area contributed by atoms with E-state index in [1.165, 1.54) is 0 Å². The first-order valence-corrected chi connectivity index (χ1v) is 1.92. The molecule has 0 spiro atoms. The van der Waals surface area contributed by atoms with E-state index in [9.17, 15) is 0 Å². The van der Waals surface area contributed by atoms with Crippen LogP contribution in [0, 0.1) is 0 Å². The molecule has 0 N–H and O–H groups in total. The fraction of sp³-hybridized carbons (Fsp3) is 1.00. The van der Waals surface area contributed by atoms with E-state index in [2.05, 4.69) is 15.2 Å². The fourth-order valence-corrected chi connectivity index (χ4v) is 0.288. The van der Waals surface area contributed by atoms with Crippen LogP contribution in [0.4, 0.5) is 0 Å². The molecule has 0 aliphatic carbocycles. The molecule has 1 rings (SSSR count). The van der Waals surface area contributed by atoms with Gasteiger partial charge < -0.3 is 4.84 Å². The van der Waals surface area contributed by atoms with Crippen molar-refractivity contribution in [1.82, 2.24) is 0 Å². The van der Waals surface area contributed by atoms with Crippen molar-refractivity contribution in [3.8, 4) is 0 Å². The zero-order valence-corrected chi connectivity index (χ0v) is 3.59. The predicted octanol–water partition coefficient (Wildman–Crippen LogP) is 0.772. The van der Waals surface area contributed by atoms with Crippen LogP contribution in [-0.4, -0.2) is 12.6 Å². The summed E-state index contributed by atoms with van der Waals surface area (Å²) in [6.45, 7) is 2.61. The molecule has 1 heterocycles. The Balaban J connectivity index is 2.38. The molecule has 0 saturated carbocycles. The molecule has 0 fully saturated rings. The summed E-state index contributed by atoms with van der Waals surface area (Å²) in [6.07, 6.45) is 0. The lowest BCUT2D eigenvalue weighted by Gasteiger charge is -1.84. The largest absolute Gasteiger partial charge is 0.377 e. The average Bonchev–Trinajstić information content (AvgIpc) is 1.86. The van der Waals surface area contributed by atoms with E-state index in [1.807, 2.05) is 6.92 Å². The maximum Gasteiger partial charge on any atom is 0.142 e. The third-order valence-corrected chi connectivity index (χ3v) is 0.618. The summed E-state index contributed by atoms with van der Waals surface area (Å²) in [5.74, 6) is 0. The van der Waals surface area contributed by atoms with Crippen molar-refractivity contribution in [3.05, 3.63) is 0 Å². The quantitative estimate of drug-likeness (QED) is 0.428. The minimum absolute atomic E-state index is 0.282. The van der Waals surface area contributed by atoms with Crippen molar-refractivity contribution < 1.29 is 4.84 Å². The molecule has 0 bridgehead atoms. The second-order valence-corrected chi connectivity index (χ2v) is 1.34. The molecular weight excluding hydrogens is 80.0 g/mol. The maximum atomic E-state index is 4.52. The van der Waals surface area contributed by atoms with E-state index >= 15 is 0 Å². The Morgan fingerprint density at radius 3 is 2.83 bits per heavy atom. The van der Waals surface area contributed by atoms with Gasteiger partial charge in [0.1, 0.15) is 12.6 Å². The maximum absolute atomic E-state index is 4.52. The van der Waals surface area contributed by atoms with E-state index in [1.54, 1.807) is 0 Å². The lowest BCUT2D eigenvalue weighted by molar-refractivity contribution is 0.166. The summed E-state index contributed by atoms with van der Waals surface area (Å²) in [6, 6.07) is 0.282. The van der Waals surface area contributed by atoms with Crippen LogP contribution in [0.5, 0.6) is 0 Å². The summed E-state index contributed by atoms with van der Waals surface area (Å²) in [4.78, 5) is 4.52. The van der Waals surface area contributed by atoms with Gasteiger partial charge in [0, 0.05) is 5.28 Å². The zero-order chi connectivity index (χ0) is 4.41. The van der Waals surface area contributed by atoms with Crippen LogP contribution in [0.3, 0.4) is 0 Å². The summed E-state index contributed by atoms with van der Waals surface area (Å²) >= 11 is 0. The number of nitrogens with zero attached hydrogens (tertiary/aromatic N) is 2. The normalized spacial score (nSPS) is 30.5. The van der Waals surface area contributed by atoms with E-state index in [0.29, 0.717) is 6.61 Å². The first-order chi connectivity index (χ1) is 2.89. The lowest BCUT2D eigenvalue weighted by atomic mass is 10.4. The van der Waals surface area contributed by atoms with E-state index in [4.69, 9.17) is 0 Å². The molecule has 3 heteroatoms. The Morgan fingerprint density at radius 2 is 2.67 bits per heavy atom. The fourth-order valence-electron chi connectivity index (χ4n) is 0.288. The third kappa shape index (κ3) is 0.478. The van der Waals surface area contributed by atoms with Gasteiger partial charge in [0.2, 0.25) is 0 Å². The van der Waals surface area contributed by atoms with Gasteiger partial charge in [-0.05, 0) is 6.92 Å². The number of rotatable bonds is 0. The minimum Gasteiger partial charge on any atom is -0.377 e. The molecule has 0 radical (unpaired) electrons. The molecule has 0 aromatic carbocycles. The Hall–Kier alpha value is -0.600. The Bertz CT molecular complexity index is 71.2. The van der Waals surface area contributed by atoms with Gasteiger partial charge >= 0.3 is 0 Å². The summed E-state index contributed by atoms with van der Waals surface area (Å²) in [5, 5.41) is 6.93.